The average molecular weight is 1680 g/mol. The maximum atomic E-state index is 5.19. The Balaban J connectivity index is 0.000000119. The van der Waals surface area contributed by atoms with Crippen LogP contribution in [0.15, 0.2) is 463 Å². The molecule has 0 bridgehead atoms. The number of benzene rings is 13. The van der Waals surface area contributed by atoms with E-state index in [1.54, 1.807) is 18.6 Å². The van der Waals surface area contributed by atoms with E-state index in [2.05, 4.69) is 371 Å². The van der Waals surface area contributed by atoms with E-state index in [1.165, 1.54) is 44.2 Å². The Kier molecular flexibility index (Phi) is 22.3. The normalized spacial score (nSPS) is 11.6. The Labute approximate surface area is 760 Å². The van der Waals surface area contributed by atoms with Gasteiger partial charge in [-0.2, -0.15) is 0 Å². The summed E-state index contributed by atoms with van der Waals surface area (Å²) in [5.41, 5.74) is 35.4. The van der Waals surface area contributed by atoms with Gasteiger partial charge in [0.15, 0.2) is 17.5 Å². The summed E-state index contributed by atoms with van der Waals surface area (Å²) in [4.78, 5) is 56.0. The highest BCUT2D eigenvalue weighted by Gasteiger charge is 2.35. The third-order valence-corrected chi connectivity index (χ3v) is 24.4. The summed E-state index contributed by atoms with van der Waals surface area (Å²) in [6.45, 7) is 4.61. The third kappa shape index (κ3) is 17.2. The summed E-state index contributed by atoms with van der Waals surface area (Å²) >= 11 is 0. The Morgan fingerprint density at radius 2 is 0.458 bits per heavy atom. The Morgan fingerprint density at radius 3 is 0.863 bits per heavy atom. The van der Waals surface area contributed by atoms with E-state index in [4.69, 9.17) is 29.9 Å². The quantitative estimate of drug-likeness (QED) is 0.0904. The molecule has 0 spiro atoms. The molecule has 0 saturated carbocycles. The van der Waals surface area contributed by atoms with Crippen molar-refractivity contribution in [3.05, 3.63) is 474 Å². The molecule has 0 unspecified atom stereocenters. The van der Waals surface area contributed by atoms with Crippen LogP contribution in [0.1, 0.15) is 25.0 Å². The molecule has 13 aromatic carbocycles. The zero-order chi connectivity index (χ0) is 87.8. The molecule has 0 atom stereocenters. The lowest BCUT2D eigenvalue weighted by molar-refractivity contribution is 0.660. The molecular weight excluding hydrogens is 1600 g/mol. The first-order valence-electron chi connectivity index (χ1n) is 43.7. The highest BCUT2D eigenvalue weighted by atomic mass is 14.9. The highest BCUT2D eigenvalue weighted by molar-refractivity contribution is 6.04. The van der Waals surface area contributed by atoms with Crippen molar-refractivity contribution in [1.29, 1.82) is 0 Å². The number of hydrogen-bond donors (Lipinski definition) is 0. The first kappa shape index (κ1) is 80.6. The molecule has 131 heavy (non-hydrogen) atoms. The minimum absolute atomic E-state index is 0.0507. The summed E-state index contributed by atoms with van der Waals surface area (Å²) in [7, 11) is 0. The molecule has 0 N–H and O–H groups in total. The zero-order valence-electron chi connectivity index (χ0n) is 71.7. The topological polar surface area (TPSA) is 155 Å². The van der Waals surface area contributed by atoms with Gasteiger partial charge in [-0.25, -0.2) is 29.9 Å². The molecule has 1 aliphatic rings. The minimum atomic E-state index is -0.0507. The van der Waals surface area contributed by atoms with Gasteiger partial charge >= 0.3 is 0 Å². The maximum absolute atomic E-state index is 5.19. The summed E-state index contributed by atoms with van der Waals surface area (Å²) in [5.74, 6) is 2.10. The van der Waals surface area contributed by atoms with Gasteiger partial charge in [-0.15, -0.1) is 0 Å². The Hall–Kier alpha value is -17.5. The van der Waals surface area contributed by atoms with Crippen LogP contribution in [0.2, 0.25) is 0 Å². The fourth-order valence-corrected chi connectivity index (χ4v) is 17.4. The first-order valence-corrected chi connectivity index (χ1v) is 43.7. The van der Waals surface area contributed by atoms with E-state index in [0.717, 1.165) is 162 Å². The molecule has 0 radical (unpaired) electrons. The summed E-state index contributed by atoms with van der Waals surface area (Å²) in [6, 6.07) is 135. The van der Waals surface area contributed by atoms with Crippen molar-refractivity contribution in [3.63, 3.8) is 0 Å². The van der Waals surface area contributed by atoms with Crippen LogP contribution >= 0.6 is 0 Å². The molecule has 1 aliphatic carbocycles. The monoisotopic (exact) mass is 1680 g/mol. The number of pyridine rings is 6. The van der Waals surface area contributed by atoms with E-state index < -0.39 is 0 Å². The van der Waals surface area contributed by atoms with Gasteiger partial charge in [-0.05, 0) is 213 Å². The van der Waals surface area contributed by atoms with E-state index in [1.807, 2.05) is 116 Å². The molecule has 23 rings (SSSR count). The predicted molar refractivity (Wildman–Crippen MR) is 532 cm³/mol. The summed E-state index contributed by atoms with van der Waals surface area (Å²) in [6.07, 6.45) is 21.9. The van der Waals surface area contributed by atoms with Gasteiger partial charge in [0, 0.05) is 130 Å². The van der Waals surface area contributed by atoms with E-state index >= 15 is 0 Å². The van der Waals surface area contributed by atoms with E-state index in [-0.39, 0.29) is 5.41 Å². The standard InChI is InChI=1S/C42H28N4.C41H30N4.C36H24N4/c1-2-7-32(8-3-1)36-20-21-39(38-11-5-4-10-37(36)38)42-45-40(33-16-12-29(13-17-33)31-22-25-43-26-23-31)27-41(46-42)34-18-14-30(15-19-34)35-9-6-24-44-28-35;1-41(2)36-8-4-3-7-34(36)35-24-32(17-18-37(35)41)40-44-38(30-13-9-27(10-14-30)29-19-22-42-23-20-29)25-39(45-40)31-15-11-28(12-16-31)33-6-5-21-43-26-33;1-2-5-31-22-32(16-11-25(31)4-1)36-39-34(29-12-7-26(8-13-29)28-17-20-37-21-18-28)23-35(40-36)30-14-9-27(10-15-30)33-6-3-19-38-24-33/h1-28H;3-26H,1-2H3;1-24H. The second kappa shape index (κ2) is 36.2. The van der Waals surface area contributed by atoms with Crippen molar-refractivity contribution in [1.82, 2.24) is 59.8 Å². The second-order valence-corrected chi connectivity index (χ2v) is 32.8. The van der Waals surface area contributed by atoms with Gasteiger partial charge in [0.05, 0.1) is 34.2 Å². The molecule has 0 aliphatic heterocycles. The smallest absolute Gasteiger partial charge is 0.161 e. The number of aromatic nitrogens is 12. The van der Waals surface area contributed by atoms with Crippen LogP contribution in [0.3, 0.4) is 0 Å². The molecule has 22 aromatic rings. The number of fused-ring (bicyclic) bond motifs is 5. The number of hydrogen-bond acceptors (Lipinski definition) is 12. The number of nitrogens with zero attached hydrogens (tertiary/aromatic N) is 12. The lowest BCUT2D eigenvalue weighted by atomic mass is 9.82. The summed E-state index contributed by atoms with van der Waals surface area (Å²) in [5, 5.41) is 4.65. The van der Waals surface area contributed by atoms with Gasteiger partial charge in [0.1, 0.15) is 0 Å². The Morgan fingerprint density at radius 1 is 0.160 bits per heavy atom. The maximum Gasteiger partial charge on any atom is 0.161 e. The fourth-order valence-electron chi connectivity index (χ4n) is 17.4. The SMILES string of the molecule is CC1(C)c2ccccc2-c2cc(-c3nc(-c4ccc(-c5ccncc5)cc4)cc(-c4ccc(-c5cccnc5)cc4)n3)ccc21.c1ccc(-c2ccc(-c3nc(-c4ccc(-c5ccncc5)cc4)cc(-c4ccc(-c5cccnc5)cc4)n3)c3ccccc23)cc1.c1cncc(-c2ccc(-c3cc(-c4ccc(-c5ccncc5)cc4)nc(-c4ccc5ccccc5c4)n3)cc2)c1. The van der Waals surface area contributed by atoms with Crippen LogP contribution in [0.4, 0.5) is 0 Å². The minimum Gasteiger partial charge on any atom is -0.265 e. The van der Waals surface area contributed by atoms with Crippen LogP contribution in [0, 0.1) is 0 Å². The fraction of sp³-hybridized carbons (Fsp3) is 0.0252. The van der Waals surface area contributed by atoms with Gasteiger partial charge in [-0.3, -0.25) is 29.9 Å². The molecule has 12 heteroatoms. The van der Waals surface area contributed by atoms with Crippen LogP contribution in [0.5, 0.6) is 0 Å². The number of rotatable bonds is 16. The predicted octanol–water partition coefficient (Wildman–Crippen LogP) is 29.1. The molecule has 9 aromatic heterocycles. The van der Waals surface area contributed by atoms with E-state index in [0.29, 0.717) is 17.5 Å². The lowest BCUT2D eigenvalue weighted by Gasteiger charge is -2.21. The van der Waals surface area contributed by atoms with Crippen molar-refractivity contribution in [2.45, 2.75) is 19.3 Å². The van der Waals surface area contributed by atoms with Gasteiger partial charge in [-0.1, -0.05) is 311 Å². The second-order valence-electron chi connectivity index (χ2n) is 32.8. The molecule has 0 fully saturated rings. The van der Waals surface area contributed by atoms with Crippen molar-refractivity contribution < 1.29 is 0 Å². The van der Waals surface area contributed by atoms with Crippen molar-refractivity contribution >= 4 is 21.5 Å². The van der Waals surface area contributed by atoms with Crippen molar-refractivity contribution in [2.24, 2.45) is 0 Å². The Bertz CT molecular complexity index is 7510. The van der Waals surface area contributed by atoms with Crippen LogP contribution in [-0.4, -0.2) is 59.8 Å². The first-order chi connectivity index (χ1) is 64.6. The molecular formula is C119H82N12. The van der Waals surface area contributed by atoms with Crippen molar-refractivity contribution in [3.8, 4) is 191 Å². The molecule has 0 amide bonds. The van der Waals surface area contributed by atoms with Gasteiger partial charge < -0.3 is 0 Å². The van der Waals surface area contributed by atoms with Gasteiger partial charge in [0.25, 0.3) is 0 Å². The van der Waals surface area contributed by atoms with E-state index in [9.17, 15) is 0 Å². The molecule has 0 saturated heterocycles. The lowest BCUT2D eigenvalue weighted by Crippen LogP contribution is -2.14. The summed E-state index contributed by atoms with van der Waals surface area (Å²) < 4.78 is 0. The molecule has 12 nitrogen and oxygen atoms in total. The van der Waals surface area contributed by atoms with Gasteiger partial charge in [0.2, 0.25) is 0 Å². The van der Waals surface area contributed by atoms with Crippen LogP contribution in [0.25, 0.3) is 212 Å². The average Bonchev–Trinajstić information content (AvgIpc) is 1.54. The highest BCUT2D eigenvalue weighted by Crippen LogP contribution is 2.50. The van der Waals surface area contributed by atoms with Crippen LogP contribution < -0.4 is 0 Å². The largest absolute Gasteiger partial charge is 0.265 e. The zero-order valence-corrected chi connectivity index (χ0v) is 71.7. The van der Waals surface area contributed by atoms with Crippen LogP contribution in [-0.2, 0) is 5.41 Å². The molecule has 9 heterocycles. The van der Waals surface area contributed by atoms with Crippen molar-refractivity contribution in [2.75, 3.05) is 0 Å². The third-order valence-electron chi connectivity index (χ3n) is 24.4. The molecule has 618 valence electrons.